The Morgan fingerprint density at radius 1 is 1.24 bits per heavy atom. The van der Waals surface area contributed by atoms with Crippen molar-refractivity contribution in [2.24, 2.45) is 5.92 Å². The summed E-state index contributed by atoms with van der Waals surface area (Å²) in [4.78, 5) is 12.4. The lowest BCUT2D eigenvalue weighted by molar-refractivity contribution is 0.0937. The van der Waals surface area contributed by atoms with Gasteiger partial charge < -0.3 is 25.2 Å². The number of amides is 1. The summed E-state index contributed by atoms with van der Waals surface area (Å²) < 4.78 is 10.2. The molecular weight excluding hydrogens is 368 g/mol. The Morgan fingerprint density at radius 2 is 2.10 bits per heavy atom. The van der Waals surface area contributed by atoms with E-state index in [-0.39, 0.29) is 23.6 Å². The molecule has 0 saturated carbocycles. The molecule has 0 fully saturated rings. The van der Waals surface area contributed by atoms with Crippen LogP contribution in [0.4, 0.5) is 5.69 Å². The minimum atomic E-state index is -0.0921. The lowest BCUT2D eigenvalue weighted by Gasteiger charge is -2.37. The number of fused-ring (bicyclic) bond motifs is 3. The number of hydrogen-bond donors (Lipinski definition) is 3. The molecule has 2 aliphatic rings. The minimum absolute atomic E-state index is 0.0701. The predicted octanol–water partition coefficient (Wildman–Crippen LogP) is 3.60. The monoisotopic (exact) mass is 394 g/mol. The Kier molecular flexibility index (Phi) is 5.45. The van der Waals surface area contributed by atoms with Crippen LogP contribution in [0.2, 0.25) is 0 Å². The average molecular weight is 394 g/mol. The third-order valence-electron chi connectivity index (χ3n) is 5.78. The number of phenolic OH excluding ortho intramolecular Hbond substituents is 1. The van der Waals surface area contributed by atoms with Gasteiger partial charge in [0.1, 0.15) is 0 Å². The highest BCUT2D eigenvalue weighted by molar-refractivity contribution is 5.95. The number of phenols is 1. The van der Waals surface area contributed by atoms with Crippen molar-refractivity contribution in [1.82, 2.24) is 5.32 Å². The zero-order valence-corrected chi connectivity index (χ0v) is 16.6. The molecule has 0 aromatic heterocycles. The van der Waals surface area contributed by atoms with Gasteiger partial charge in [-0.05, 0) is 53.8 Å². The number of rotatable bonds is 6. The van der Waals surface area contributed by atoms with E-state index >= 15 is 0 Å². The summed E-state index contributed by atoms with van der Waals surface area (Å²) in [6.45, 7) is 0.974. The van der Waals surface area contributed by atoms with E-state index in [1.807, 2.05) is 24.3 Å². The number of carbonyl (C=O) groups excluding carboxylic acids is 1. The molecule has 152 valence electrons. The fourth-order valence-corrected chi connectivity index (χ4v) is 4.33. The van der Waals surface area contributed by atoms with Gasteiger partial charge in [-0.3, -0.25) is 4.79 Å². The topological polar surface area (TPSA) is 79.8 Å². The van der Waals surface area contributed by atoms with E-state index in [0.29, 0.717) is 30.4 Å². The highest BCUT2D eigenvalue weighted by Gasteiger charge is 2.38. The van der Waals surface area contributed by atoms with Crippen LogP contribution in [0.5, 0.6) is 11.5 Å². The zero-order chi connectivity index (χ0) is 20.4. The molecule has 1 aliphatic carbocycles. The summed E-state index contributed by atoms with van der Waals surface area (Å²) in [5.74, 6) is 1.07. The molecule has 2 aromatic carbocycles. The molecule has 1 aliphatic heterocycles. The summed E-state index contributed by atoms with van der Waals surface area (Å²) in [7, 11) is 3.16. The lowest BCUT2D eigenvalue weighted by atomic mass is 9.76. The maximum absolute atomic E-state index is 12.4. The van der Waals surface area contributed by atoms with Crippen LogP contribution >= 0.6 is 0 Å². The maximum Gasteiger partial charge on any atom is 0.251 e. The van der Waals surface area contributed by atoms with E-state index in [1.54, 1.807) is 26.4 Å². The molecule has 29 heavy (non-hydrogen) atoms. The molecule has 3 N–H and O–H groups in total. The van der Waals surface area contributed by atoms with E-state index in [9.17, 15) is 9.90 Å². The first-order valence-electron chi connectivity index (χ1n) is 9.83. The number of anilines is 1. The Labute approximate surface area is 170 Å². The second kappa shape index (κ2) is 8.17. The van der Waals surface area contributed by atoms with Crippen LogP contribution in [-0.4, -0.2) is 38.4 Å². The van der Waals surface area contributed by atoms with Crippen LogP contribution in [0.3, 0.4) is 0 Å². The van der Waals surface area contributed by atoms with Crippen molar-refractivity contribution in [2.75, 3.05) is 32.7 Å². The SMILES string of the molecule is COCCNC(=O)c1ccc2c(c1)C1C=CCC1C(c1ccc(OC)c(O)c1)N2. The Hall–Kier alpha value is -2.99. The number of hydrogen-bond acceptors (Lipinski definition) is 5. The van der Waals surface area contributed by atoms with Gasteiger partial charge in [0.15, 0.2) is 11.5 Å². The number of benzene rings is 2. The largest absolute Gasteiger partial charge is 0.504 e. The summed E-state index contributed by atoms with van der Waals surface area (Å²) in [5, 5.41) is 16.7. The summed E-state index contributed by atoms with van der Waals surface area (Å²) in [6, 6.07) is 11.4. The Morgan fingerprint density at radius 3 is 2.86 bits per heavy atom. The molecule has 6 nitrogen and oxygen atoms in total. The van der Waals surface area contributed by atoms with Crippen molar-refractivity contribution < 1.29 is 19.4 Å². The molecule has 0 bridgehead atoms. The fraction of sp³-hybridized carbons (Fsp3) is 0.348. The van der Waals surface area contributed by atoms with Gasteiger partial charge in [0, 0.05) is 30.8 Å². The molecular formula is C23H26N2O4. The Bertz CT molecular complexity index is 940. The quantitative estimate of drug-likeness (QED) is 0.515. The Balaban J connectivity index is 1.62. The second-order valence-electron chi connectivity index (χ2n) is 7.46. The maximum atomic E-state index is 12.4. The molecule has 0 saturated heterocycles. The summed E-state index contributed by atoms with van der Waals surface area (Å²) >= 11 is 0. The number of allylic oxidation sites excluding steroid dienone is 2. The normalized spacial score (nSPS) is 21.8. The zero-order valence-electron chi connectivity index (χ0n) is 16.6. The molecule has 6 heteroatoms. The van der Waals surface area contributed by atoms with Gasteiger partial charge in [0.2, 0.25) is 0 Å². The number of carbonyl (C=O) groups is 1. The van der Waals surface area contributed by atoms with Crippen LogP contribution in [0.1, 0.15) is 39.9 Å². The van der Waals surface area contributed by atoms with Crippen molar-refractivity contribution >= 4 is 11.6 Å². The predicted molar refractivity (Wildman–Crippen MR) is 112 cm³/mol. The smallest absolute Gasteiger partial charge is 0.251 e. The highest BCUT2D eigenvalue weighted by atomic mass is 16.5. The molecule has 1 amide bonds. The van der Waals surface area contributed by atoms with Crippen molar-refractivity contribution in [3.8, 4) is 11.5 Å². The number of aromatic hydroxyl groups is 1. The first-order chi connectivity index (χ1) is 14.1. The van der Waals surface area contributed by atoms with Crippen molar-refractivity contribution in [3.63, 3.8) is 0 Å². The summed E-state index contributed by atoms with van der Waals surface area (Å²) in [5.41, 5.74) is 3.83. The van der Waals surface area contributed by atoms with E-state index in [4.69, 9.17) is 9.47 Å². The second-order valence-corrected chi connectivity index (χ2v) is 7.46. The molecule has 3 atom stereocenters. The van der Waals surface area contributed by atoms with Crippen LogP contribution in [0.15, 0.2) is 48.6 Å². The third-order valence-corrected chi connectivity index (χ3v) is 5.78. The van der Waals surface area contributed by atoms with E-state index < -0.39 is 0 Å². The van der Waals surface area contributed by atoms with Crippen molar-refractivity contribution in [3.05, 3.63) is 65.2 Å². The van der Waals surface area contributed by atoms with Gasteiger partial charge in [-0.1, -0.05) is 18.2 Å². The van der Waals surface area contributed by atoms with Crippen LogP contribution < -0.4 is 15.4 Å². The minimum Gasteiger partial charge on any atom is -0.504 e. The van der Waals surface area contributed by atoms with E-state index in [1.165, 1.54) is 0 Å². The molecule has 3 unspecified atom stereocenters. The van der Waals surface area contributed by atoms with Gasteiger partial charge in [0.25, 0.3) is 5.91 Å². The molecule has 0 radical (unpaired) electrons. The van der Waals surface area contributed by atoms with Gasteiger partial charge in [-0.15, -0.1) is 0 Å². The van der Waals surface area contributed by atoms with Crippen LogP contribution in [0.25, 0.3) is 0 Å². The van der Waals surface area contributed by atoms with E-state index in [0.717, 1.165) is 23.2 Å². The molecule has 1 heterocycles. The van der Waals surface area contributed by atoms with Crippen LogP contribution in [-0.2, 0) is 4.74 Å². The highest BCUT2D eigenvalue weighted by Crippen LogP contribution is 2.50. The molecule has 0 spiro atoms. The van der Waals surface area contributed by atoms with Crippen LogP contribution in [0, 0.1) is 5.92 Å². The fourth-order valence-electron chi connectivity index (χ4n) is 4.33. The van der Waals surface area contributed by atoms with Crippen molar-refractivity contribution in [2.45, 2.75) is 18.4 Å². The van der Waals surface area contributed by atoms with Gasteiger partial charge in [-0.2, -0.15) is 0 Å². The summed E-state index contributed by atoms with van der Waals surface area (Å²) in [6.07, 6.45) is 5.37. The lowest BCUT2D eigenvalue weighted by Crippen LogP contribution is -2.30. The number of methoxy groups -OCH3 is 2. The van der Waals surface area contributed by atoms with Gasteiger partial charge in [-0.25, -0.2) is 0 Å². The van der Waals surface area contributed by atoms with Gasteiger partial charge >= 0.3 is 0 Å². The third kappa shape index (κ3) is 3.68. The molecule has 4 rings (SSSR count). The van der Waals surface area contributed by atoms with E-state index in [2.05, 4.69) is 22.8 Å². The van der Waals surface area contributed by atoms with Gasteiger partial charge in [0.05, 0.1) is 19.8 Å². The first-order valence-corrected chi connectivity index (χ1v) is 9.83. The number of ether oxygens (including phenoxy) is 2. The van der Waals surface area contributed by atoms with Crippen molar-refractivity contribution in [1.29, 1.82) is 0 Å². The first kappa shape index (κ1) is 19.3. The standard InChI is InChI=1S/C23H26N2O4/c1-28-11-10-24-23(27)15-6-8-19-18(12-15)16-4-3-5-17(16)22(25-19)14-7-9-21(29-2)20(26)13-14/h3-4,6-9,12-13,16-17,22,25-26H,5,10-11H2,1-2H3,(H,24,27). The average Bonchev–Trinajstić information content (AvgIpc) is 3.23. The molecule has 2 aromatic rings. The number of nitrogens with one attached hydrogen (secondary N) is 2.